The number of carboxylic acid groups (broad SMARTS) is 1. The monoisotopic (exact) mass is 261 g/mol. The Morgan fingerprint density at radius 3 is 2.79 bits per heavy atom. The van der Waals surface area contributed by atoms with Gasteiger partial charge in [-0.15, -0.1) is 0 Å². The summed E-state index contributed by atoms with van der Waals surface area (Å²) in [7, 11) is 0. The van der Waals surface area contributed by atoms with Gasteiger partial charge in [0.25, 0.3) is 5.91 Å². The molecule has 0 spiro atoms. The summed E-state index contributed by atoms with van der Waals surface area (Å²) >= 11 is 0. The van der Waals surface area contributed by atoms with Crippen molar-refractivity contribution in [3.63, 3.8) is 0 Å². The van der Waals surface area contributed by atoms with Crippen LogP contribution in [0.4, 0.5) is 0 Å². The Labute approximate surface area is 110 Å². The molecule has 0 unspecified atom stereocenters. The van der Waals surface area contributed by atoms with Crippen LogP contribution in [0.3, 0.4) is 0 Å². The maximum Gasteiger partial charge on any atom is 0.308 e. The molecule has 5 heteroatoms. The van der Waals surface area contributed by atoms with E-state index in [1.807, 2.05) is 24.3 Å². The summed E-state index contributed by atoms with van der Waals surface area (Å²) in [5, 5.41) is 8.95. The standard InChI is InChI=1S/C14H15NO4/c16-13(15-6-5-10(8-15)14(17)18)12-7-9-3-1-2-4-11(9)19-12/h1-4,10,12H,5-8H2,(H,17,18)/t10-,12+/m1/s1. The largest absolute Gasteiger partial charge is 0.481 e. The highest BCUT2D eigenvalue weighted by Gasteiger charge is 2.37. The minimum Gasteiger partial charge on any atom is -0.481 e. The summed E-state index contributed by atoms with van der Waals surface area (Å²) in [5.74, 6) is -0.603. The molecule has 2 aliphatic rings. The first-order valence-corrected chi connectivity index (χ1v) is 6.41. The van der Waals surface area contributed by atoms with Gasteiger partial charge in [0.05, 0.1) is 5.92 Å². The minimum atomic E-state index is -0.828. The van der Waals surface area contributed by atoms with Crippen molar-refractivity contribution in [2.45, 2.75) is 18.9 Å². The number of benzene rings is 1. The number of carbonyl (C=O) groups excluding carboxylic acids is 1. The topological polar surface area (TPSA) is 66.8 Å². The molecule has 2 heterocycles. The highest BCUT2D eigenvalue weighted by atomic mass is 16.5. The number of rotatable bonds is 2. The molecular weight excluding hydrogens is 246 g/mol. The van der Waals surface area contributed by atoms with Crippen LogP contribution in [0.15, 0.2) is 24.3 Å². The van der Waals surface area contributed by atoms with Gasteiger partial charge in [-0.05, 0) is 18.1 Å². The van der Waals surface area contributed by atoms with E-state index in [1.165, 1.54) is 0 Å². The lowest BCUT2D eigenvalue weighted by Gasteiger charge is -2.19. The highest BCUT2D eigenvalue weighted by Crippen LogP contribution is 2.30. The van der Waals surface area contributed by atoms with Crippen molar-refractivity contribution in [1.82, 2.24) is 4.90 Å². The van der Waals surface area contributed by atoms with Crippen molar-refractivity contribution in [3.05, 3.63) is 29.8 Å². The van der Waals surface area contributed by atoms with Gasteiger partial charge >= 0.3 is 5.97 Å². The van der Waals surface area contributed by atoms with Crippen LogP contribution in [-0.2, 0) is 16.0 Å². The number of amides is 1. The molecule has 1 aromatic carbocycles. The van der Waals surface area contributed by atoms with Gasteiger partial charge in [-0.25, -0.2) is 0 Å². The van der Waals surface area contributed by atoms with Crippen molar-refractivity contribution in [2.75, 3.05) is 13.1 Å². The quantitative estimate of drug-likeness (QED) is 0.859. The molecule has 2 atom stereocenters. The summed E-state index contributed by atoms with van der Waals surface area (Å²) in [4.78, 5) is 24.8. The number of fused-ring (bicyclic) bond motifs is 1. The van der Waals surface area contributed by atoms with Crippen molar-refractivity contribution in [3.8, 4) is 5.75 Å². The van der Waals surface area contributed by atoms with Crippen LogP contribution in [0.5, 0.6) is 5.75 Å². The zero-order chi connectivity index (χ0) is 13.4. The molecule has 2 aliphatic heterocycles. The first kappa shape index (κ1) is 12.0. The van der Waals surface area contributed by atoms with Gasteiger partial charge in [-0.3, -0.25) is 9.59 Å². The SMILES string of the molecule is O=C(O)[C@@H]1CCN(C(=O)[C@@H]2Cc3ccccc3O2)C1. The molecule has 0 bridgehead atoms. The van der Waals surface area contributed by atoms with Crippen molar-refractivity contribution in [2.24, 2.45) is 5.92 Å². The summed E-state index contributed by atoms with van der Waals surface area (Å²) < 4.78 is 5.64. The molecule has 0 aromatic heterocycles. The molecular formula is C14H15NO4. The van der Waals surface area contributed by atoms with Crippen LogP contribution in [0.25, 0.3) is 0 Å². The zero-order valence-electron chi connectivity index (χ0n) is 10.4. The third kappa shape index (κ3) is 2.16. The van der Waals surface area contributed by atoms with Gasteiger partial charge in [0.1, 0.15) is 5.75 Å². The summed E-state index contributed by atoms with van der Waals surface area (Å²) in [6.07, 6.45) is 0.606. The number of aliphatic carboxylic acids is 1. The van der Waals surface area contributed by atoms with E-state index in [0.29, 0.717) is 25.9 Å². The third-order valence-electron chi connectivity index (χ3n) is 3.77. The Morgan fingerprint density at radius 1 is 1.32 bits per heavy atom. The van der Waals surface area contributed by atoms with E-state index in [1.54, 1.807) is 4.90 Å². The third-order valence-corrected chi connectivity index (χ3v) is 3.77. The van der Waals surface area contributed by atoms with E-state index < -0.39 is 18.0 Å². The van der Waals surface area contributed by atoms with Crippen LogP contribution < -0.4 is 4.74 Å². The lowest BCUT2D eigenvalue weighted by molar-refractivity contribution is -0.142. The number of hydrogen-bond donors (Lipinski definition) is 1. The summed E-state index contributed by atoms with van der Waals surface area (Å²) in [5.41, 5.74) is 1.04. The first-order chi connectivity index (χ1) is 9.15. The van der Waals surface area contributed by atoms with E-state index in [2.05, 4.69) is 0 Å². The Balaban J connectivity index is 1.66. The highest BCUT2D eigenvalue weighted by molar-refractivity contribution is 5.84. The van der Waals surface area contributed by atoms with Gasteiger partial charge < -0.3 is 14.7 Å². The number of carbonyl (C=O) groups is 2. The number of nitrogens with zero attached hydrogens (tertiary/aromatic N) is 1. The van der Waals surface area contributed by atoms with Crippen molar-refractivity contribution >= 4 is 11.9 Å². The molecule has 19 heavy (non-hydrogen) atoms. The smallest absolute Gasteiger partial charge is 0.308 e. The fourth-order valence-corrected chi connectivity index (χ4v) is 2.69. The van der Waals surface area contributed by atoms with Crippen LogP contribution in [0, 0.1) is 5.92 Å². The molecule has 0 aliphatic carbocycles. The number of ether oxygens (including phenoxy) is 1. The van der Waals surface area contributed by atoms with Gasteiger partial charge in [-0.1, -0.05) is 18.2 Å². The Hall–Kier alpha value is -2.04. The fraction of sp³-hybridized carbons (Fsp3) is 0.429. The second-order valence-electron chi connectivity index (χ2n) is 5.03. The normalized spacial score (nSPS) is 24.9. The van der Waals surface area contributed by atoms with E-state index in [0.717, 1.165) is 11.3 Å². The van der Waals surface area contributed by atoms with Gasteiger partial charge in [-0.2, -0.15) is 0 Å². The molecule has 1 saturated heterocycles. The second kappa shape index (κ2) is 4.57. The summed E-state index contributed by atoms with van der Waals surface area (Å²) in [6, 6.07) is 7.60. The molecule has 1 fully saturated rings. The minimum absolute atomic E-state index is 0.0973. The number of likely N-dealkylation sites (tertiary alicyclic amines) is 1. The van der Waals surface area contributed by atoms with E-state index in [-0.39, 0.29) is 5.91 Å². The molecule has 1 N–H and O–H groups in total. The molecule has 0 radical (unpaired) electrons. The lowest BCUT2D eigenvalue weighted by atomic mass is 10.1. The van der Waals surface area contributed by atoms with Crippen LogP contribution in [0.2, 0.25) is 0 Å². The maximum absolute atomic E-state index is 12.3. The Morgan fingerprint density at radius 2 is 2.11 bits per heavy atom. The molecule has 1 amide bonds. The number of para-hydroxylation sites is 1. The van der Waals surface area contributed by atoms with Gasteiger partial charge in [0, 0.05) is 19.5 Å². The molecule has 1 aromatic rings. The van der Waals surface area contributed by atoms with Gasteiger partial charge in [0.2, 0.25) is 0 Å². The van der Waals surface area contributed by atoms with Crippen molar-refractivity contribution < 1.29 is 19.4 Å². The Bertz CT molecular complexity index is 503. The van der Waals surface area contributed by atoms with E-state index in [9.17, 15) is 9.59 Å². The average molecular weight is 261 g/mol. The number of carboxylic acids is 1. The predicted molar refractivity (Wildman–Crippen MR) is 66.9 cm³/mol. The summed E-state index contributed by atoms with van der Waals surface area (Å²) in [6.45, 7) is 0.802. The zero-order valence-corrected chi connectivity index (χ0v) is 10.4. The van der Waals surface area contributed by atoms with E-state index in [4.69, 9.17) is 9.84 Å². The number of hydrogen-bond acceptors (Lipinski definition) is 3. The average Bonchev–Trinajstić information content (AvgIpc) is 3.04. The fourth-order valence-electron chi connectivity index (χ4n) is 2.69. The molecule has 5 nitrogen and oxygen atoms in total. The van der Waals surface area contributed by atoms with Crippen molar-refractivity contribution in [1.29, 1.82) is 0 Å². The second-order valence-corrected chi connectivity index (χ2v) is 5.03. The van der Waals surface area contributed by atoms with E-state index >= 15 is 0 Å². The maximum atomic E-state index is 12.3. The van der Waals surface area contributed by atoms with Gasteiger partial charge in [0.15, 0.2) is 6.10 Å². The first-order valence-electron chi connectivity index (χ1n) is 6.41. The Kier molecular flexibility index (Phi) is 2.89. The van der Waals surface area contributed by atoms with Crippen LogP contribution >= 0.6 is 0 Å². The molecule has 3 rings (SSSR count). The van der Waals surface area contributed by atoms with Crippen LogP contribution in [-0.4, -0.2) is 41.1 Å². The van der Waals surface area contributed by atoms with Crippen LogP contribution in [0.1, 0.15) is 12.0 Å². The molecule has 100 valence electrons. The lowest BCUT2D eigenvalue weighted by Crippen LogP contribution is -2.40. The molecule has 0 saturated carbocycles. The predicted octanol–water partition coefficient (Wildman–Crippen LogP) is 0.923.